The molecule has 2 aromatic rings. The maximum atomic E-state index is 12.3. The van der Waals surface area contributed by atoms with E-state index in [4.69, 9.17) is 0 Å². The Balaban J connectivity index is 2.07. The summed E-state index contributed by atoms with van der Waals surface area (Å²) in [6, 6.07) is 9.55. The summed E-state index contributed by atoms with van der Waals surface area (Å²) in [5, 5.41) is 6.01. The third kappa shape index (κ3) is 4.77. The molecule has 1 aromatic heterocycles. The summed E-state index contributed by atoms with van der Waals surface area (Å²) in [5.74, 6) is 0.422. The SMILES string of the molecule is CCCNc1cc(C(=O)Nc2ccc(C(C)(C)C)cc2)ncn1. The Bertz CT molecular complexity index is 659. The fourth-order valence-electron chi connectivity index (χ4n) is 2.08. The van der Waals surface area contributed by atoms with Crippen LogP contribution in [0.4, 0.5) is 11.5 Å². The maximum Gasteiger partial charge on any atom is 0.274 e. The Morgan fingerprint density at radius 1 is 1.13 bits per heavy atom. The molecule has 2 rings (SSSR count). The van der Waals surface area contributed by atoms with Gasteiger partial charge in [0, 0.05) is 18.3 Å². The summed E-state index contributed by atoms with van der Waals surface area (Å²) < 4.78 is 0. The number of amides is 1. The van der Waals surface area contributed by atoms with Gasteiger partial charge in [0.1, 0.15) is 17.8 Å². The van der Waals surface area contributed by atoms with E-state index < -0.39 is 0 Å². The van der Waals surface area contributed by atoms with E-state index in [1.807, 2.05) is 24.3 Å². The number of carbonyl (C=O) groups excluding carboxylic acids is 1. The molecule has 1 heterocycles. The summed E-state index contributed by atoms with van der Waals surface area (Å²) in [6.07, 6.45) is 2.39. The van der Waals surface area contributed by atoms with E-state index >= 15 is 0 Å². The lowest BCUT2D eigenvalue weighted by molar-refractivity contribution is 0.102. The molecule has 1 aromatic carbocycles. The molecule has 0 aliphatic heterocycles. The van der Waals surface area contributed by atoms with Gasteiger partial charge in [0.05, 0.1) is 0 Å². The second-order valence-electron chi connectivity index (χ2n) is 6.50. The normalized spacial score (nSPS) is 11.1. The van der Waals surface area contributed by atoms with E-state index in [0.717, 1.165) is 18.7 Å². The summed E-state index contributed by atoms with van der Waals surface area (Å²) in [6.45, 7) is 9.36. The van der Waals surface area contributed by atoms with Gasteiger partial charge in [-0.25, -0.2) is 9.97 Å². The van der Waals surface area contributed by atoms with Crippen molar-refractivity contribution in [1.82, 2.24) is 9.97 Å². The van der Waals surface area contributed by atoms with Crippen molar-refractivity contribution in [3.8, 4) is 0 Å². The first-order chi connectivity index (χ1) is 10.9. The highest BCUT2D eigenvalue weighted by atomic mass is 16.1. The molecular weight excluding hydrogens is 288 g/mol. The zero-order valence-corrected chi connectivity index (χ0v) is 14.2. The van der Waals surface area contributed by atoms with Gasteiger partial charge in [-0.1, -0.05) is 39.8 Å². The first kappa shape index (κ1) is 16.9. The number of rotatable bonds is 5. The number of nitrogens with one attached hydrogen (secondary N) is 2. The van der Waals surface area contributed by atoms with Crippen molar-refractivity contribution in [2.24, 2.45) is 0 Å². The lowest BCUT2D eigenvalue weighted by Gasteiger charge is -2.19. The summed E-state index contributed by atoms with van der Waals surface area (Å²) >= 11 is 0. The van der Waals surface area contributed by atoms with Gasteiger partial charge in [0.2, 0.25) is 0 Å². The number of hydrogen-bond acceptors (Lipinski definition) is 4. The van der Waals surface area contributed by atoms with Crippen molar-refractivity contribution < 1.29 is 4.79 Å². The minimum absolute atomic E-state index is 0.0923. The summed E-state index contributed by atoms with van der Waals surface area (Å²) in [7, 11) is 0. The van der Waals surface area contributed by atoms with Crippen molar-refractivity contribution in [2.75, 3.05) is 17.2 Å². The smallest absolute Gasteiger partial charge is 0.274 e. The van der Waals surface area contributed by atoms with Gasteiger partial charge >= 0.3 is 0 Å². The fourth-order valence-corrected chi connectivity index (χ4v) is 2.08. The molecule has 0 fully saturated rings. The molecule has 2 N–H and O–H groups in total. The van der Waals surface area contributed by atoms with E-state index in [1.54, 1.807) is 6.07 Å². The highest BCUT2D eigenvalue weighted by Gasteiger charge is 2.14. The highest BCUT2D eigenvalue weighted by Crippen LogP contribution is 2.23. The largest absolute Gasteiger partial charge is 0.370 e. The predicted molar refractivity (Wildman–Crippen MR) is 93.9 cm³/mol. The van der Waals surface area contributed by atoms with Crippen molar-refractivity contribution in [2.45, 2.75) is 39.5 Å². The van der Waals surface area contributed by atoms with Crippen LogP contribution in [0.1, 0.15) is 50.2 Å². The van der Waals surface area contributed by atoms with Crippen LogP contribution in [-0.2, 0) is 5.41 Å². The van der Waals surface area contributed by atoms with Crippen LogP contribution in [0, 0.1) is 0 Å². The molecule has 5 heteroatoms. The van der Waals surface area contributed by atoms with Crippen LogP contribution in [0.2, 0.25) is 0 Å². The van der Waals surface area contributed by atoms with E-state index in [1.165, 1.54) is 11.9 Å². The number of hydrogen-bond donors (Lipinski definition) is 2. The fraction of sp³-hybridized carbons (Fsp3) is 0.389. The van der Waals surface area contributed by atoms with E-state index in [0.29, 0.717) is 11.5 Å². The number of benzene rings is 1. The molecule has 0 saturated carbocycles. The lowest BCUT2D eigenvalue weighted by atomic mass is 9.87. The van der Waals surface area contributed by atoms with Crippen molar-refractivity contribution in [3.05, 3.63) is 47.9 Å². The third-order valence-corrected chi connectivity index (χ3v) is 3.46. The molecule has 0 atom stereocenters. The topological polar surface area (TPSA) is 66.9 Å². The monoisotopic (exact) mass is 312 g/mol. The molecular formula is C18H24N4O. The van der Waals surface area contributed by atoms with E-state index in [2.05, 4.69) is 48.3 Å². The number of anilines is 2. The molecule has 0 unspecified atom stereocenters. The molecule has 23 heavy (non-hydrogen) atoms. The first-order valence-corrected chi connectivity index (χ1v) is 7.88. The average Bonchev–Trinajstić information content (AvgIpc) is 2.53. The molecule has 0 radical (unpaired) electrons. The van der Waals surface area contributed by atoms with E-state index in [-0.39, 0.29) is 11.3 Å². The highest BCUT2D eigenvalue weighted by molar-refractivity contribution is 6.03. The Hall–Kier alpha value is -2.43. The maximum absolute atomic E-state index is 12.3. The molecule has 0 spiro atoms. The number of aromatic nitrogens is 2. The van der Waals surface area contributed by atoms with Gasteiger partial charge in [0.15, 0.2) is 0 Å². The Labute approximate surface area is 137 Å². The first-order valence-electron chi connectivity index (χ1n) is 7.88. The van der Waals surface area contributed by atoms with Gasteiger partial charge in [-0.3, -0.25) is 4.79 Å². The molecule has 1 amide bonds. The van der Waals surface area contributed by atoms with Crippen molar-refractivity contribution >= 4 is 17.4 Å². The predicted octanol–water partition coefficient (Wildman–Crippen LogP) is 3.85. The molecule has 0 aliphatic rings. The number of carbonyl (C=O) groups is 1. The molecule has 0 aliphatic carbocycles. The zero-order chi connectivity index (χ0) is 16.9. The van der Waals surface area contributed by atoms with Crippen molar-refractivity contribution in [3.63, 3.8) is 0 Å². The van der Waals surface area contributed by atoms with Gasteiger partial charge in [-0.15, -0.1) is 0 Å². The van der Waals surface area contributed by atoms with Gasteiger partial charge in [-0.2, -0.15) is 0 Å². The summed E-state index contributed by atoms with van der Waals surface area (Å²) in [5.41, 5.74) is 2.42. The molecule has 5 nitrogen and oxygen atoms in total. The Morgan fingerprint density at radius 2 is 1.83 bits per heavy atom. The van der Waals surface area contributed by atoms with Gasteiger partial charge in [-0.05, 0) is 29.5 Å². The average molecular weight is 312 g/mol. The minimum atomic E-state index is -0.240. The van der Waals surface area contributed by atoms with Gasteiger partial charge in [0.25, 0.3) is 5.91 Å². The minimum Gasteiger partial charge on any atom is -0.370 e. The quantitative estimate of drug-likeness (QED) is 0.880. The van der Waals surface area contributed by atoms with Crippen LogP contribution in [-0.4, -0.2) is 22.4 Å². The summed E-state index contributed by atoms with van der Waals surface area (Å²) in [4.78, 5) is 20.4. The number of nitrogens with zero attached hydrogens (tertiary/aromatic N) is 2. The Kier molecular flexibility index (Phi) is 5.32. The molecule has 122 valence electrons. The lowest BCUT2D eigenvalue weighted by Crippen LogP contribution is -2.15. The van der Waals surface area contributed by atoms with Crippen LogP contribution in [0.3, 0.4) is 0 Å². The van der Waals surface area contributed by atoms with Crippen LogP contribution in [0.25, 0.3) is 0 Å². The van der Waals surface area contributed by atoms with Crippen LogP contribution < -0.4 is 10.6 Å². The molecule has 0 bridgehead atoms. The van der Waals surface area contributed by atoms with Crippen LogP contribution >= 0.6 is 0 Å². The third-order valence-electron chi connectivity index (χ3n) is 3.46. The van der Waals surface area contributed by atoms with Gasteiger partial charge < -0.3 is 10.6 Å². The van der Waals surface area contributed by atoms with Crippen LogP contribution in [0.5, 0.6) is 0 Å². The second kappa shape index (κ2) is 7.22. The molecule has 0 saturated heterocycles. The standard InChI is InChI=1S/C18H24N4O/c1-5-10-19-16-11-15(20-12-21-16)17(23)22-14-8-6-13(7-9-14)18(2,3)4/h6-9,11-12H,5,10H2,1-4H3,(H,22,23)(H,19,20,21). The zero-order valence-electron chi connectivity index (χ0n) is 14.2. The second-order valence-corrected chi connectivity index (χ2v) is 6.50. The van der Waals surface area contributed by atoms with Crippen molar-refractivity contribution in [1.29, 1.82) is 0 Å². The Morgan fingerprint density at radius 3 is 2.43 bits per heavy atom. The van der Waals surface area contributed by atoms with E-state index in [9.17, 15) is 4.79 Å². The van der Waals surface area contributed by atoms with Crippen LogP contribution in [0.15, 0.2) is 36.7 Å².